The Hall–Kier alpha value is -1.94. The molecule has 17 nitrogen and oxygen atoms in total. The molecule has 0 aromatic carbocycles. The van der Waals surface area contributed by atoms with Crippen molar-refractivity contribution in [2.45, 2.75) is 445 Å². The monoisotopic (exact) mass is 1470 g/mol. The average molecular weight is 1470 g/mol. The zero-order valence-electron chi connectivity index (χ0n) is 65.5. The number of hydrogen-bond donors (Lipinski definition) is 3. The highest BCUT2D eigenvalue weighted by Gasteiger charge is 2.30. The molecule has 0 aromatic heterocycles. The Balaban J connectivity index is 5.24. The molecular formula is C81H158O17P2. The van der Waals surface area contributed by atoms with Gasteiger partial charge < -0.3 is 33.8 Å². The van der Waals surface area contributed by atoms with Crippen LogP contribution in [-0.4, -0.2) is 96.7 Å². The Bertz CT molecular complexity index is 1920. The van der Waals surface area contributed by atoms with Crippen LogP contribution in [0, 0.1) is 11.8 Å². The number of carbonyl (C=O) groups is 4. The third kappa shape index (κ3) is 74.3. The lowest BCUT2D eigenvalue weighted by atomic mass is 10.0. The second kappa shape index (κ2) is 72.6. The number of unbranched alkanes of at least 4 members (excludes halogenated alkanes) is 50. The van der Waals surface area contributed by atoms with Crippen molar-refractivity contribution in [3.05, 3.63) is 0 Å². The van der Waals surface area contributed by atoms with Gasteiger partial charge >= 0.3 is 39.5 Å². The maximum absolute atomic E-state index is 13.1. The summed E-state index contributed by atoms with van der Waals surface area (Å²) in [6.07, 6.45) is 62.3. The molecule has 100 heavy (non-hydrogen) atoms. The first-order valence-corrected chi connectivity index (χ1v) is 45.0. The number of aliphatic hydroxyl groups is 1. The minimum atomic E-state index is -4.96. The molecule has 0 saturated carbocycles. The molecule has 0 fully saturated rings. The Morgan fingerprint density at radius 2 is 0.460 bits per heavy atom. The van der Waals surface area contributed by atoms with Crippen molar-refractivity contribution >= 4 is 39.5 Å². The molecule has 0 radical (unpaired) electrons. The molecule has 5 atom stereocenters. The molecule has 0 aliphatic carbocycles. The number of rotatable bonds is 80. The van der Waals surface area contributed by atoms with Crippen molar-refractivity contribution in [3.63, 3.8) is 0 Å². The number of phosphoric ester groups is 2. The summed E-state index contributed by atoms with van der Waals surface area (Å²) in [7, 11) is -9.92. The number of aliphatic hydroxyl groups excluding tert-OH is 1. The summed E-state index contributed by atoms with van der Waals surface area (Å²) in [5.74, 6) is -0.505. The predicted octanol–water partition coefficient (Wildman–Crippen LogP) is 24.3. The topological polar surface area (TPSA) is 237 Å². The Kier molecular flexibility index (Phi) is 71.2. The lowest BCUT2D eigenvalue weighted by molar-refractivity contribution is -0.161. The summed E-state index contributed by atoms with van der Waals surface area (Å²) in [5.41, 5.74) is 0. The van der Waals surface area contributed by atoms with Gasteiger partial charge in [-0.1, -0.05) is 375 Å². The lowest BCUT2D eigenvalue weighted by Gasteiger charge is -2.21. The van der Waals surface area contributed by atoms with Crippen LogP contribution in [0.15, 0.2) is 0 Å². The number of esters is 4. The number of hydrogen-bond acceptors (Lipinski definition) is 15. The van der Waals surface area contributed by atoms with E-state index in [0.717, 1.165) is 102 Å². The van der Waals surface area contributed by atoms with Gasteiger partial charge in [-0.25, -0.2) is 9.13 Å². The third-order valence-electron chi connectivity index (χ3n) is 19.0. The second-order valence-electron chi connectivity index (χ2n) is 30.1. The minimum Gasteiger partial charge on any atom is -0.462 e. The van der Waals surface area contributed by atoms with E-state index in [1.165, 1.54) is 244 Å². The van der Waals surface area contributed by atoms with Gasteiger partial charge in [-0.15, -0.1) is 0 Å². The van der Waals surface area contributed by atoms with E-state index in [4.69, 9.17) is 37.0 Å². The van der Waals surface area contributed by atoms with Crippen molar-refractivity contribution in [3.8, 4) is 0 Å². The highest BCUT2D eigenvalue weighted by molar-refractivity contribution is 7.47. The van der Waals surface area contributed by atoms with Crippen LogP contribution in [0.2, 0.25) is 0 Å². The van der Waals surface area contributed by atoms with Crippen LogP contribution in [-0.2, 0) is 65.4 Å². The molecule has 0 aliphatic heterocycles. The van der Waals surface area contributed by atoms with E-state index in [-0.39, 0.29) is 25.7 Å². The van der Waals surface area contributed by atoms with Gasteiger partial charge in [0, 0.05) is 25.7 Å². The number of ether oxygens (including phenoxy) is 4. The van der Waals surface area contributed by atoms with Gasteiger partial charge in [0.25, 0.3) is 0 Å². The van der Waals surface area contributed by atoms with E-state index < -0.39 is 97.5 Å². The normalized spacial score (nSPS) is 13.9. The fourth-order valence-electron chi connectivity index (χ4n) is 12.5. The molecule has 2 unspecified atom stereocenters. The molecule has 0 bridgehead atoms. The molecule has 0 heterocycles. The molecule has 0 rings (SSSR count). The zero-order chi connectivity index (χ0) is 73.5. The van der Waals surface area contributed by atoms with Gasteiger partial charge in [-0.3, -0.25) is 37.3 Å². The summed E-state index contributed by atoms with van der Waals surface area (Å²) in [5, 5.41) is 10.6. The first kappa shape index (κ1) is 98.1. The average Bonchev–Trinajstić information content (AvgIpc) is 0.930. The number of phosphoric acid groups is 2. The van der Waals surface area contributed by atoms with Crippen molar-refractivity contribution in [1.29, 1.82) is 0 Å². The smallest absolute Gasteiger partial charge is 0.462 e. The summed E-state index contributed by atoms with van der Waals surface area (Å²) >= 11 is 0. The molecular weight excluding hydrogens is 1310 g/mol. The quantitative estimate of drug-likeness (QED) is 0.0222. The van der Waals surface area contributed by atoms with Crippen molar-refractivity contribution in [1.82, 2.24) is 0 Å². The lowest BCUT2D eigenvalue weighted by Crippen LogP contribution is -2.30. The molecule has 0 saturated heterocycles. The fourth-order valence-corrected chi connectivity index (χ4v) is 14.1. The first-order valence-electron chi connectivity index (χ1n) is 42.0. The maximum Gasteiger partial charge on any atom is 0.472 e. The molecule has 0 spiro atoms. The Labute approximate surface area is 613 Å². The summed E-state index contributed by atoms with van der Waals surface area (Å²) in [6.45, 7) is 9.69. The van der Waals surface area contributed by atoms with E-state index in [1.54, 1.807) is 0 Å². The predicted molar refractivity (Wildman–Crippen MR) is 409 cm³/mol. The van der Waals surface area contributed by atoms with Gasteiger partial charge in [0.05, 0.1) is 26.4 Å². The van der Waals surface area contributed by atoms with Crippen molar-refractivity contribution in [2.24, 2.45) is 11.8 Å². The SMILES string of the molecule is CCCCCCCCCCCCCCCCCC(=O)O[C@H](COC(=O)CCCCCCCCCCCC)COP(=O)(O)OC[C@H](O)COP(=O)(O)OC[C@@H](COC(=O)CCCCCCCCCCCCCCCCC(C)C)OC(=O)CCCCCCCCCCCCCCCCCC(C)C. The Morgan fingerprint density at radius 1 is 0.270 bits per heavy atom. The van der Waals surface area contributed by atoms with Crippen molar-refractivity contribution in [2.75, 3.05) is 39.6 Å². The van der Waals surface area contributed by atoms with Crippen LogP contribution in [0.25, 0.3) is 0 Å². The van der Waals surface area contributed by atoms with E-state index in [9.17, 15) is 43.2 Å². The van der Waals surface area contributed by atoms with E-state index in [0.29, 0.717) is 25.7 Å². The Morgan fingerprint density at radius 3 is 0.680 bits per heavy atom. The van der Waals surface area contributed by atoms with Gasteiger partial charge in [0.15, 0.2) is 12.2 Å². The molecule has 0 aromatic rings. The van der Waals surface area contributed by atoms with Gasteiger partial charge in [-0.2, -0.15) is 0 Å². The standard InChI is InChI=1S/C81H158O17P2/c1-7-9-11-13-15-17-19-20-22-30-35-41-47-53-59-65-80(85)97-76(69-91-78(83)63-57-51-45-39-18-16-14-12-10-8-2)71-95-99(87,88)93-67-75(82)68-94-100(89,90)96-72-77(70-92-79(84)64-58-52-46-40-34-29-26-25-28-33-38-44-50-56-62-74(5)6)98-81(86)66-60-54-48-42-36-31-24-21-23-27-32-37-43-49-55-61-73(3)4/h73-77,82H,7-72H2,1-6H3,(H,87,88)(H,89,90)/t75-,76+,77+/m0/s1. The van der Waals surface area contributed by atoms with E-state index in [2.05, 4.69) is 41.5 Å². The van der Waals surface area contributed by atoms with E-state index in [1.807, 2.05) is 0 Å². The van der Waals surface area contributed by atoms with Gasteiger partial charge in [0.2, 0.25) is 0 Å². The van der Waals surface area contributed by atoms with Crippen molar-refractivity contribution < 1.29 is 80.2 Å². The summed E-state index contributed by atoms with van der Waals surface area (Å²) < 4.78 is 68.7. The third-order valence-corrected chi connectivity index (χ3v) is 20.9. The number of carbonyl (C=O) groups excluding carboxylic acids is 4. The highest BCUT2D eigenvalue weighted by atomic mass is 31.2. The second-order valence-corrected chi connectivity index (χ2v) is 33.0. The molecule has 594 valence electrons. The van der Waals surface area contributed by atoms with Crippen LogP contribution in [0.3, 0.4) is 0 Å². The maximum atomic E-state index is 13.1. The molecule has 3 N–H and O–H groups in total. The van der Waals surface area contributed by atoms with Crippen LogP contribution in [0.1, 0.15) is 427 Å². The minimum absolute atomic E-state index is 0.108. The fraction of sp³-hybridized carbons (Fsp3) is 0.951. The van der Waals surface area contributed by atoms with Gasteiger partial charge in [-0.05, 0) is 37.5 Å². The largest absolute Gasteiger partial charge is 0.472 e. The molecule has 0 aliphatic rings. The van der Waals surface area contributed by atoms with E-state index >= 15 is 0 Å². The zero-order valence-corrected chi connectivity index (χ0v) is 67.3. The first-order chi connectivity index (χ1) is 48.4. The molecule has 19 heteroatoms. The van der Waals surface area contributed by atoms with Crippen LogP contribution in [0.5, 0.6) is 0 Å². The van der Waals surface area contributed by atoms with Crippen LogP contribution >= 0.6 is 15.6 Å². The van der Waals surface area contributed by atoms with Crippen LogP contribution < -0.4 is 0 Å². The van der Waals surface area contributed by atoms with Gasteiger partial charge in [0.1, 0.15) is 19.3 Å². The summed E-state index contributed by atoms with van der Waals surface area (Å²) in [6, 6.07) is 0. The summed E-state index contributed by atoms with van der Waals surface area (Å²) in [4.78, 5) is 73.0. The molecule has 0 amide bonds. The van der Waals surface area contributed by atoms with Crippen LogP contribution in [0.4, 0.5) is 0 Å². The highest BCUT2D eigenvalue weighted by Crippen LogP contribution is 2.45.